The minimum Gasteiger partial charge on any atom is -0.361 e. The summed E-state index contributed by atoms with van der Waals surface area (Å²) in [5.74, 6) is -0.0160. The number of piperidine rings is 1. The Morgan fingerprint density at radius 1 is 1.23 bits per heavy atom. The number of aromatic amines is 1. The third kappa shape index (κ3) is 4.17. The second kappa shape index (κ2) is 9.09. The van der Waals surface area contributed by atoms with E-state index in [0.717, 1.165) is 29.4 Å². The zero-order chi connectivity index (χ0) is 16.5. The van der Waals surface area contributed by atoms with E-state index >= 15 is 0 Å². The van der Waals surface area contributed by atoms with Crippen LogP contribution in [0.5, 0.6) is 0 Å². The number of amides is 1. The SMILES string of the molecule is Cl.Cl.N[C@@H](Cc1c[nH]c2ccccc12)C(=O)NC1CCN2CCCCC12. The molecule has 5 nitrogen and oxygen atoms in total. The molecule has 1 aromatic carbocycles. The first kappa shape index (κ1) is 21.0. The van der Waals surface area contributed by atoms with Crippen molar-refractivity contribution in [3.63, 3.8) is 0 Å². The fourth-order valence-electron chi connectivity index (χ4n) is 4.34. The van der Waals surface area contributed by atoms with E-state index in [1.165, 1.54) is 25.8 Å². The van der Waals surface area contributed by atoms with Gasteiger partial charge in [-0.05, 0) is 43.9 Å². The second-order valence-corrected chi connectivity index (χ2v) is 7.17. The summed E-state index contributed by atoms with van der Waals surface area (Å²) in [7, 11) is 0. The van der Waals surface area contributed by atoms with Crippen molar-refractivity contribution in [2.75, 3.05) is 13.1 Å². The van der Waals surface area contributed by atoms with Crippen LogP contribution in [0.1, 0.15) is 31.2 Å². The molecule has 0 radical (unpaired) electrons. The number of rotatable bonds is 4. The van der Waals surface area contributed by atoms with Gasteiger partial charge < -0.3 is 16.0 Å². The van der Waals surface area contributed by atoms with Gasteiger partial charge in [-0.15, -0.1) is 24.8 Å². The molecule has 7 heteroatoms. The van der Waals surface area contributed by atoms with Crippen molar-refractivity contribution in [2.45, 2.75) is 50.2 Å². The van der Waals surface area contributed by atoms with Crippen LogP contribution >= 0.6 is 24.8 Å². The number of fused-ring (bicyclic) bond motifs is 2. The summed E-state index contributed by atoms with van der Waals surface area (Å²) < 4.78 is 0. The molecule has 3 atom stereocenters. The van der Waals surface area contributed by atoms with Crippen molar-refractivity contribution < 1.29 is 4.79 Å². The van der Waals surface area contributed by atoms with Gasteiger partial charge in [0, 0.05) is 35.7 Å². The van der Waals surface area contributed by atoms with E-state index < -0.39 is 6.04 Å². The molecule has 1 aromatic heterocycles. The zero-order valence-corrected chi connectivity index (χ0v) is 16.5. The lowest BCUT2D eigenvalue weighted by atomic mass is 9.98. The number of hydrogen-bond donors (Lipinski definition) is 3. The summed E-state index contributed by atoms with van der Waals surface area (Å²) in [6.07, 6.45) is 7.35. The predicted octanol–water partition coefficient (Wildman–Crippen LogP) is 2.62. The Morgan fingerprint density at radius 3 is 2.88 bits per heavy atom. The molecule has 2 aromatic rings. The number of para-hydroxylation sites is 1. The highest BCUT2D eigenvalue weighted by Gasteiger charge is 2.36. The lowest BCUT2D eigenvalue weighted by molar-refractivity contribution is -0.123. The van der Waals surface area contributed by atoms with E-state index in [1.807, 2.05) is 24.4 Å². The normalized spacial score (nSPS) is 23.6. The molecule has 0 aliphatic carbocycles. The maximum Gasteiger partial charge on any atom is 0.237 e. The van der Waals surface area contributed by atoms with Crippen LogP contribution in [0.15, 0.2) is 30.5 Å². The lowest BCUT2D eigenvalue weighted by Gasteiger charge is -2.32. The molecular formula is C19H28Cl2N4O. The molecule has 1 amide bonds. The number of nitrogens with zero attached hydrogens (tertiary/aromatic N) is 1. The number of nitrogens with two attached hydrogens (primary N) is 1. The van der Waals surface area contributed by atoms with Gasteiger partial charge in [0.05, 0.1) is 6.04 Å². The number of aromatic nitrogens is 1. The van der Waals surface area contributed by atoms with Crippen LogP contribution in [-0.4, -0.2) is 47.0 Å². The molecule has 2 aliphatic heterocycles. The Bertz CT molecular complexity index is 735. The van der Waals surface area contributed by atoms with E-state index in [9.17, 15) is 4.79 Å². The fourth-order valence-corrected chi connectivity index (χ4v) is 4.34. The molecule has 4 N–H and O–H groups in total. The Morgan fingerprint density at radius 2 is 2.04 bits per heavy atom. The number of hydrogen-bond acceptors (Lipinski definition) is 3. The molecule has 26 heavy (non-hydrogen) atoms. The molecular weight excluding hydrogens is 371 g/mol. The van der Waals surface area contributed by atoms with Crippen molar-refractivity contribution in [1.82, 2.24) is 15.2 Å². The first-order chi connectivity index (χ1) is 11.7. The average molecular weight is 399 g/mol. The first-order valence-corrected chi connectivity index (χ1v) is 9.07. The summed E-state index contributed by atoms with van der Waals surface area (Å²) in [4.78, 5) is 18.3. The number of benzene rings is 1. The van der Waals surface area contributed by atoms with Crippen LogP contribution in [0.25, 0.3) is 10.9 Å². The van der Waals surface area contributed by atoms with Gasteiger partial charge in [0.2, 0.25) is 5.91 Å². The molecule has 2 unspecified atom stereocenters. The van der Waals surface area contributed by atoms with Gasteiger partial charge in [0.1, 0.15) is 0 Å². The standard InChI is InChI=1S/C19H26N4O.2ClH/c20-15(11-13-12-21-16-6-2-1-5-14(13)16)19(24)22-17-8-10-23-9-4-3-7-18(17)23;;/h1-2,5-6,12,15,17-18,21H,3-4,7-11,20H2,(H,22,24);2*1H/t15-,17?,18?;;/m0../s1. The largest absolute Gasteiger partial charge is 0.361 e. The Kier molecular flexibility index (Phi) is 7.35. The van der Waals surface area contributed by atoms with Crippen LogP contribution in [0.2, 0.25) is 0 Å². The van der Waals surface area contributed by atoms with Gasteiger partial charge in [-0.3, -0.25) is 9.69 Å². The number of H-pyrrole nitrogens is 1. The third-order valence-electron chi connectivity index (χ3n) is 5.64. The molecule has 0 bridgehead atoms. The minimum absolute atomic E-state index is 0. The quantitative estimate of drug-likeness (QED) is 0.740. The Balaban J connectivity index is 0.00000121. The zero-order valence-electron chi connectivity index (χ0n) is 14.8. The van der Waals surface area contributed by atoms with Gasteiger partial charge in [-0.25, -0.2) is 0 Å². The highest BCUT2D eigenvalue weighted by Crippen LogP contribution is 2.27. The summed E-state index contributed by atoms with van der Waals surface area (Å²) in [5, 5.41) is 4.38. The van der Waals surface area contributed by atoms with Crippen LogP contribution in [-0.2, 0) is 11.2 Å². The van der Waals surface area contributed by atoms with Gasteiger partial charge >= 0.3 is 0 Å². The minimum atomic E-state index is -0.498. The van der Waals surface area contributed by atoms with Crippen molar-refractivity contribution in [2.24, 2.45) is 5.73 Å². The van der Waals surface area contributed by atoms with Crippen LogP contribution in [0, 0.1) is 0 Å². The molecule has 144 valence electrons. The first-order valence-electron chi connectivity index (χ1n) is 9.07. The van der Waals surface area contributed by atoms with E-state index in [4.69, 9.17) is 5.73 Å². The lowest BCUT2D eigenvalue weighted by Crippen LogP contribution is -2.51. The number of nitrogens with one attached hydrogen (secondary N) is 2. The molecule has 0 saturated carbocycles. The summed E-state index contributed by atoms with van der Waals surface area (Å²) in [5.41, 5.74) is 8.41. The monoisotopic (exact) mass is 398 g/mol. The second-order valence-electron chi connectivity index (χ2n) is 7.17. The molecule has 3 heterocycles. The van der Waals surface area contributed by atoms with Gasteiger partial charge in [-0.1, -0.05) is 24.6 Å². The number of carbonyl (C=O) groups is 1. The summed E-state index contributed by atoms with van der Waals surface area (Å²) in [6.45, 7) is 2.28. The van der Waals surface area contributed by atoms with E-state index in [2.05, 4.69) is 21.3 Å². The van der Waals surface area contributed by atoms with E-state index in [-0.39, 0.29) is 36.8 Å². The smallest absolute Gasteiger partial charge is 0.237 e. The predicted molar refractivity (Wildman–Crippen MR) is 110 cm³/mol. The maximum absolute atomic E-state index is 12.6. The Hall–Kier alpha value is -1.27. The Labute approximate surface area is 166 Å². The van der Waals surface area contributed by atoms with Gasteiger partial charge in [-0.2, -0.15) is 0 Å². The topological polar surface area (TPSA) is 74.1 Å². The molecule has 0 spiro atoms. The van der Waals surface area contributed by atoms with Gasteiger partial charge in [0.25, 0.3) is 0 Å². The number of carbonyl (C=O) groups excluding carboxylic acids is 1. The van der Waals surface area contributed by atoms with Crippen LogP contribution in [0.4, 0.5) is 0 Å². The van der Waals surface area contributed by atoms with Crippen molar-refractivity contribution >= 4 is 41.6 Å². The molecule has 2 fully saturated rings. The fraction of sp³-hybridized carbons (Fsp3) is 0.526. The molecule has 2 aliphatic rings. The summed E-state index contributed by atoms with van der Waals surface area (Å²) in [6, 6.07) is 8.42. The highest BCUT2D eigenvalue weighted by atomic mass is 35.5. The van der Waals surface area contributed by atoms with E-state index in [1.54, 1.807) is 0 Å². The summed E-state index contributed by atoms with van der Waals surface area (Å²) >= 11 is 0. The van der Waals surface area contributed by atoms with Crippen molar-refractivity contribution in [1.29, 1.82) is 0 Å². The van der Waals surface area contributed by atoms with E-state index in [0.29, 0.717) is 12.5 Å². The average Bonchev–Trinajstić information content (AvgIpc) is 3.20. The van der Waals surface area contributed by atoms with Crippen LogP contribution < -0.4 is 11.1 Å². The molecule has 2 saturated heterocycles. The molecule has 4 rings (SSSR count). The highest BCUT2D eigenvalue weighted by molar-refractivity contribution is 5.86. The maximum atomic E-state index is 12.6. The number of halogens is 2. The van der Waals surface area contributed by atoms with Crippen molar-refractivity contribution in [3.05, 3.63) is 36.0 Å². The van der Waals surface area contributed by atoms with Crippen molar-refractivity contribution in [3.8, 4) is 0 Å². The third-order valence-corrected chi connectivity index (χ3v) is 5.64. The van der Waals surface area contributed by atoms with Crippen LogP contribution in [0.3, 0.4) is 0 Å². The van der Waals surface area contributed by atoms with Gasteiger partial charge in [0.15, 0.2) is 0 Å².